The third kappa shape index (κ3) is 2.34. The van der Waals surface area contributed by atoms with Crippen molar-refractivity contribution < 1.29 is 4.79 Å². The zero-order valence-corrected chi connectivity index (χ0v) is 7.97. The van der Waals surface area contributed by atoms with Crippen LogP contribution in [0.15, 0.2) is 36.7 Å². The summed E-state index contributed by atoms with van der Waals surface area (Å²) in [7, 11) is 0. The van der Waals surface area contributed by atoms with Crippen LogP contribution in [0.25, 0.3) is 0 Å². The summed E-state index contributed by atoms with van der Waals surface area (Å²) < 4.78 is 0. The first kappa shape index (κ1) is 10.3. The number of rotatable bonds is 3. The maximum absolute atomic E-state index is 11.1. The van der Waals surface area contributed by atoms with Crippen molar-refractivity contribution in [1.29, 1.82) is 0 Å². The average molecular weight is 191 g/mol. The Morgan fingerprint density at radius 1 is 1.50 bits per heavy atom. The molecule has 1 aromatic carbocycles. The van der Waals surface area contributed by atoms with Gasteiger partial charge in [0.25, 0.3) is 0 Å². The number of carbonyl (C=O) groups excluding carboxylic acids is 1. The lowest BCUT2D eigenvalue weighted by atomic mass is 10.1. The second kappa shape index (κ2) is 4.43. The van der Waals surface area contributed by atoms with Gasteiger partial charge in [0.1, 0.15) is 0 Å². The minimum absolute atomic E-state index is 0.0111. The fraction of sp³-hybridized carbons (Fsp3) is 0.100. The molecular weight excluding hydrogens is 178 g/mol. The Bertz CT molecular complexity index is 360. The van der Waals surface area contributed by atoms with Crippen molar-refractivity contribution in [3.05, 3.63) is 42.2 Å². The number of carbonyl (C=O) groups is 1. The number of anilines is 1. The summed E-state index contributed by atoms with van der Waals surface area (Å²) >= 11 is 0. The number of Topliss-reactive ketones (excluding diaryl/α,β-unsaturated/α-hetero) is 1. The summed E-state index contributed by atoms with van der Waals surface area (Å²) in [5.41, 5.74) is 6.55. The predicted octanol–water partition coefficient (Wildman–Crippen LogP) is 0.999. The van der Waals surface area contributed by atoms with Crippen LogP contribution >= 0.6 is 0 Å². The fourth-order valence-electron chi connectivity index (χ4n) is 1.06. The Balaban J connectivity index is 2.99. The standard InChI is InChI=1S/C10H13N3O/c1-8(14)9-3-2-4-10(7-9)13(12)6-5-11/h2-7H,11-12H2,1H3/b6-5-. The van der Waals surface area contributed by atoms with E-state index in [1.165, 1.54) is 24.3 Å². The van der Waals surface area contributed by atoms with Crippen molar-refractivity contribution in [2.75, 3.05) is 5.01 Å². The molecule has 0 aromatic heterocycles. The largest absolute Gasteiger partial charge is 0.403 e. The third-order valence-corrected chi connectivity index (χ3v) is 1.80. The van der Waals surface area contributed by atoms with E-state index in [0.717, 1.165) is 5.69 Å². The molecule has 4 N–H and O–H groups in total. The van der Waals surface area contributed by atoms with Gasteiger partial charge in [-0.15, -0.1) is 0 Å². The topological polar surface area (TPSA) is 72.3 Å². The lowest BCUT2D eigenvalue weighted by Crippen LogP contribution is -2.24. The van der Waals surface area contributed by atoms with Gasteiger partial charge in [-0.3, -0.25) is 9.80 Å². The number of benzene rings is 1. The SMILES string of the molecule is CC(=O)c1cccc(N(N)/C=C\N)c1. The number of ketones is 1. The minimum Gasteiger partial charge on any atom is -0.403 e. The third-order valence-electron chi connectivity index (χ3n) is 1.80. The zero-order chi connectivity index (χ0) is 10.6. The van der Waals surface area contributed by atoms with E-state index in [1.54, 1.807) is 24.3 Å². The van der Waals surface area contributed by atoms with Crippen molar-refractivity contribution in [3.63, 3.8) is 0 Å². The molecule has 0 saturated heterocycles. The van der Waals surface area contributed by atoms with Crippen LogP contribution in [-0.4, -0.2) is 5.78 Å². The van der Waals surface area contributed by atoms with E-state index in [9.17, 15) is 4.79 Å². The highest BCUT2D eigenvalue weighted by Crippen LogP contribution is 2.13. The van der Waals surface area contributed by atoms with Gasteiger partial charge in [-0.25, -0.2) is 5.84 Å². The van der Waals surface area contributed by atoms with Crippen LogP contribution in [0.4, 0.5) is 5.69 Å². The summed E-state index contributed by atoms with van der Waals surface area (Å²) in [5.74, 6) is 5.64. The molecule has 0 heterocycles. The molecule has 1 aromatic rings. The second-order valence-electron chi connectivity index (χ2n) is 2.86. The van der Waals surface area contributed by atoms with Gasteiger partial charge >= 0.3 is 0 Å². The molecule has 0 spiro atoms. The summed E-state index contributed by atoms with van der Waals surface area (Å²) in [6, 6.07) is 7.02. The van der Waals surface area contributed by atoms with E-state index in [4.69, 9.17) is 11.6 Å². The number of hydrazine groups is 1. The molecule has 0 saturated carbocycles. The maximum Gasteiger partial charge on any atom is 0.159 e. The Morgan fingerprint density at radius 3 is 2.79 bits per heavy atom. The fourth-order valence-corrected chi connectivity index (χ4v) is 1.06. The van der Waals surface area contributed by atoms with Crippen LogP contribution in [0.2, 0.25) is 0 Å². The second-order valence-corrected chi connectivity index (χ2v) is 2.86. The predicted molar refractivity (Wildman–Crippen MR) is 56.4 cm³/mol. The van der Waals surface area contributed by atoms with Gasteiger partial charge in [0, 0.05) is 18.0 Å². The van der Waals surface area contributed by atoms with Gasteiger partial charge in [0.05, 0.1) is 5.69 Å². The van der Waals surface area contributed by atoms with Crippen molar-refractivity contribution in [3.8, 4) is 0 Å². The van der Waals surface area contributed by atoms with E-state index >= 15 is 0 Å². The van der Waals surface area contributed by atoms with Crippen LogP contribution in [0.1, 0.15) is 17.3 Å². The molecule has 0 aliphatic carbocycles. The molecule has 0 aliphatic heterocycles. The molecule has 0 aliphatic rings. The number of hydrogen-bond donors (Lipinski definition) is 2. The Hall–Kier alpha value is -1.81. The highest BCUT2D eigenvalue weighted by molar-refractivity contribution is 5.94. The van der Waals surface area contributed by atoms with Crippen molar-refractivity contribution in [1.82, 2.24) is 0 Å². The minimum atomic E-state index is 0.0111. The molecule has 0 atom stereocenters. The van der Waals surface area contributed by atoms with Gasteiger partial charge in [-0.2, -0.15) is 0 Å². The van der Waals surface area contributed by atoms with Crippen LogP contribution in [0.5, 0.6) is 0 Å². The molecular formula is C10H13N3O. The van der Waals surface area contributed by atoms with Gasteiger partial charge in [0.15, 0.2) is 5.78 Å². The lowest BCUT2D eigenvalue weighted by molar-refractivity contribution is 0.101. The van der Waals surface area contributed by atoms with E-state index in [2.05, 4.69) is 0 Å². The van der Waals surface area contributed by atoms with Gasteiger partial charge in [-0.05, 0) is 19.1 Å². The molecule has 74 valence electrons. The first-order valence-electron chi connectivity index (χ1n) is 4.18. The van der Waals surface area contributed by atoms with Gasteiger partial charge < -0.3 is 5.73 Å². The van der Waals surface area contributed by atoms with Crippen molar-refractivity contribution >= 4 is 11.5 Å². The van der Waals surface area contributed by atoms with Gasteiger partial charge in [-0.1, -0.05) is 12.1 Å². The zero-order valence-electron chi connectivity index (χ0n) is 7.97. The molecule has 4 nitrogen and oxygen atoms in total. The maximum atomic E-state index is 11.1. The van der Waals surface area contributed by atoms with E-state index in [1.807, 2.05) is 0 Å². The van der Waals surface area contributed by atoms with Crippen LogP contribution < -0.4 is 16.6 Å². The van der Waals surface area contributed by atoms with Crippen molar-refractivity contribution in [2.24, 2.45) is 11.6 Å². The van der Waals surface area contributed by atoms with Crippen LogP contribution in [0.3, 0.4) is 0 Å². The quantitative estimate of drug-likeness (QED) is 0.424. The Kier molecular flexibility index (Phi) is 3.25. The molecule has 0 fully saturated rings. The number of nitrogens with two attached hydrogens (primary N) is 2. The molecule has 4 heteroatoms. The first-order valence-corrected chi connectivity index (χ1v) is 4.18. The smallest absolute Gasteiger partial charge is 0.159 e. The molecule has 0 amide bonds. The number of nitrogens with zero attached hydrogens (tertiary/aromatic N) is 1. The van der Waals surface area contributed by atoms with E-state index < -0.39 is 0 Å². The monoisotopic (exact) mass is 191 g/mol. The summed E-state index contributed by atoms with van der Waals surface area (Å²) in [5, 5.41) is 1.35. The Labute approximate surface area is 82.8 Å². The summed E-state index contributed by atoms with van der Waals surface area (Å²) in [6.07, 6.45) is 2.85. The van der Waals surface area contributed by atoms with E-state index in [0.29, 0.717) is 5.56 Å². The first-order chi connectivity index (χ1) is 6.65. The van der Waals surface area contributed by atoms with Crippen molar-refractivity contribution in [2.45, 2.75) is 6.92 Å². The summed E-state index contributed by atoms with van der Waals surface area (Å²) in [6.45, 7) is 1.51. The molecule has 0 unspecified atom stereocenters. The molecule has 1 rings (SSSR count). The molecule has 14 heavy (non-hydrogen) atoms. The highest BCUT2D eigenvalue weighted by Gasteiger charge is 2.02. The highest BCUT2D eigenvalue weighted by atomic mass is 16.1. The summed E-state index contributed by atoms with van der Waals surface area (Å²) in [4.78, 5) is 11.1. The van der Waals surface area contributed by atoms with Crippen LogP contribution in [0, 0.1) is 0 Å². The Morgan fingerprint density at radius 2 is 2.21 bits per heavy atom. The van der Waals surface area contributed by atoms with Gasteiger partial charge in [0.2, 0.25) is 0 Å². The average Bonchev–Trinajstić information content (AvgIpc) is 2.18. The molecule has 0 bridgehead atoms. The van der Waals surface area contributed by atoms with Crippen LogP contribution in [-0.2, 0) is 0 Å². The normalized spacial score (nSPS) is 10.4. The number of hydrogen-bond acceptors (Lipinski definition) is 4. The van der Waals surface area contributed by atoms with E-state index in [-0.39, 0.29) is 5.78 Å². The molecule has 0 radical (unpaired) electrons. The lowest BCUT2D eigenvalue weighted by Gasteiger charge is -2.13.